The second-order valence-corrected chi connectivity index (χ2v) is 8.23. The first kappa shape index (κ1) is 22.8. The van der Waals surface area contributed by atoms with Gasteiger partial charge in [-0.1, -0.05) is 55.0 Å². The minimum Gasteiger partial charge on any atom is -0.493 e. The van der Waals surface area contributed by atoms with Crippen LogP contribution in [-0.4, -0.2) is 35.7 Å². The van der Waals surface area contributed by atoms with Gasteiger partial charge in [0, 0.05) is 0 Å². The van der Waals surface area contributed by atoms with Crippen LogP contribution in [0.15, 0.2) is 72.8 Å². The van der Waals surface area contributed by atoms with Crippen molar-refractivity contribution in [2.45, 2.75) is 38.0 Å². The summed E-state index contributed by atoms with van der Waals surface area (Å²) in [6.07, 6.45) is 2.37. The zero-order valence-corrected chi connectivity index (χ0v) is 18.6. The van der Waals surface area contributed by atoms with Gasteiger partial charge in [0.15, 0.2) is 11.5 Å². The first-order chi connectivity index (χ1) is 16.1. The monoisotopic (exact) mass is 449 g/mol. The number of aliphatic carboxylic acids is 1. The van der Waals surface area contributed by atoms with Crippen LogP contribution in [-0.2, 0) is 11.4 Å². The highest BCUT2D eigenvalue weighted by Crippen LogP contribution is 2.38. The molecule has 0 saturated carbocycles. The van der Waals surface area contributed by atoms with E-state index in [0.29, 0.717) is 31.1 Å². The van der Waals surface area contributed by atoms with Gasteiger partial charge in [-0.15, -0.1) is 0 Å². The quantitative estimate of drug-likeness (QED) is 0.496. The van der Waals surface area contributed by atoms with Crippen LogP contribution in [0.1, 0.15) is 42.0 Å². The van der Waals surface area contributed by atoms with Crippen molar-refractivity contribution in [2.75, 3.05) is 13.7 Å². The van der Waals surface area contributed by atoms with Gasteiger partial charge in [-0.05, 0) is 60.3 Å². The third-order valence-electron chi connectivity index (χ3n) is 6.09. The first-order valence-corrected chi connectivity index (χ1v) is 11.2. The maximum absolute atomic E-state index is 13.7. The molecule has 0 aromatic heterocycles. The first-order valence-electron chi connectivity index (χ1n) is 11.2. The molecular formula is C27H28FNO4. The van der Waals surface area contributed by atoms with Crippen molar-refractivity contribution in [1.82, 2.24) is 4.90 Å². The Hall–Kier alpha value is -3.38. The van der Waals surface area contributed by atoms with E-state index in [0.717, 1.165) is 29.5 Å². The summed E-state index contributed by atoms with van der Waals surface area (Å²) in [7, 11) is 1.59. The number of carbonyl (C=O) groups is 1. The van der Waals surface area contributed by atoms with Crippen molar-refractivity contribution in [3.63, 3.8) is 0 Å². The molecule has 5 nitrogen and oxygen atoms in total. The number of piperidine rings is 1. The summed E-state index contributed by atoms with van der Waals surface area (Å²) < 4.78 is 25.3. The highest BCUT2D eigenvalue weighted by Gasteiger charge is 2.35. The van der Waals surface area contributed by atoms with Crippen LogP contribution < -0.4 is 9.47 Å². The number of benzene rings is 3. The number of rotatable bonds is 8. The van der Waals surface area contributed by atoms with Crippen LogP contribution in [0.5, 0.6) is 11.5 Å². The molecule has 4 rings (SSSR count). The average Bonchev–Trinajstić information content (AvgIpc) is 2.85. The predicted molar refractivity (Wildman–Crippen MR) is 124 cm³/mol. The number of likely N-dealkylation sites (tertiary alicyclic amines) is 1. The van der Waals surface area contributed by atoms with Crippen molar-refractivity contribution < 1.29 is 23.8 Å². The molecule has 2 unspecified atom stereocenters. The molecule has 1 heterocycles. The minimum absolute atomic E-state index is 0.326. The molecule has 0 bridgehead atoms. The molecule has 1 aliphatic heterocycles. The molecule has 0 radical (unpaired) electrons. The van der Waals surface area contributed by atoms with Gasteiger partial charge in [-0.2, -0.15) is 0 Å². The summed E-state index contributed by atoms with van der Waals surface area (Å²) in [6.45, 7) is 1.05. The minimum atomic E-state index is -0.836. The van der Waals surface area contributed by atoms with Gasteiger partial charge >= 0.3 is 5.97 Å². The molecule has 6 heteroatoms. The number of methoxy groups -OCH3 is 1. The Bertz CT molecular complexity index is 1070. The zero-order chi connectivity index (χ0) is 23.2. The highest BCUT2D eigenvalue weighted by molar-refractivity contribution is 5.73. The van der Waals surface area contributed by atoms with E-state index in [1.165, 1.54) is 12.1 Å². The third kappa shape index (κ3) is 5.34. The van der Waals surface area contributed by atoms with Gasteiger partial charge < -0.3 is 14.6 Å². The number of carboxylic acid groups (broad SMARTS) is 1. The van der Waals surface area contributed by atoms with Gasteiger partial charge in [0.2, 0.25) is 0 Å². The summed E-state index contributed by atoms with van der Waals surface area (Å²) in [4.78, 5) is 14.0. The van der Waals surface area contributed by atoms with E-state index in [2.05, 4.69) is 0 Å². The highest BCUT2D eigenvalue weighted by atomic mass is 19.1. The molecule has 3 aromatic rings. The lowest BCUT2D eigenvalue weighted by atomic mass is 9.91. The van der Waals surface area contributed by atoms with Gasteiger partial charge in [0.05, 0.1) is 13.2 Å². The Kier molecular flexibility index (Phi) is 7.25. The smallest absolute Gasteiger partial charge is 0.320 e. The van der Waals surface area contributed by atoms with Crippen LogP contribution in [0.2, 0.25) is 0 Å². The Labute approximate surface area is 193 Å². The molecule has 0 aliphatic carbocycles. The molecular weight excluding hydrogens is 421 g/mol. The summed E-state index contributed by atoms with van der Waals surface area (Å²) in [5, 5.41) is 9.87. The van der Waals surface area contributed by atoms with Crippen LogP contribution in [0, 0.1) is 5.82 Å². The van der Waals surface area contributed by atoms with E-state index in [4.69, 9.17) is 9.47 Å². The molecule has 1 N–H and O–H groups in total. The van der Waals surface area contributed by atoms with Crippen LogP contribution in [0.4, 0.5) is 4.39 Å². The fraction of sp³-hybridized carbons (Fsp3) is 0.296. The normalized spacial score (nSPS) is 17.3. The SMILES string of the molecule is COc1cc(C(c2ccc(F)cc2)N2CCCCC2C(=O)O)ccc1OCc1ccccc1. The van der Waals surface area contributed by atoms with Crippen LogP contribution in [0.3, 0.4) is 0 Å². The number of nitrogens with zero attached hydrogens (tertiary/aromatic N) is 1. The van der Waals surface area contributed by atoms with Crippen molar-refractivity contribution >= 4 is 5.97 Å². The van der Waals surface area contributed by atoms with Crippen molar-refractivity contribution in [2.24, 2.45) is 0 Å². The molecule has 172 valence electrons. The number of hydrogen-bond donors (Lipinski definition) is 1. The summed E-state index contributed by atoms with van der Waals surface area (Å²) in [6, 6.07) is 20.9. The maximum Gasteiger partial charge on any atom is 0.320 e. The fourth-order valence-corrected chi connectivity index (χ4v) is 4.46. The third-order valence-corrected chi connectivity index (χ3v) is 6.09. The van der Waals surface area contributed by atoms with Crippen molar-refractivity contribution in [1.29, 1.82) is 0 Å². The van der Waals surface area contributed by atoms with Crippen LogP contribution in [0.25, 0.3) is 0 Å². The molecule has 1 saturated heterocycles. The summed E-state index contributed by atoms with van der Waals surface area (Å²) in [5.41, 5.74) is 2.76. The van der Waals surface area contributed by atoms with Gasteiger partial charge in [-0.3, -0.25) is 9.69 Å². The molecule has 2 atom stereocenters. The molecule has 3 aromatic carbocycles. The standard InChI is InChI=1S/C27H28FNO4/c1-32-25-17-21(12-15-24(25)33-18-19-7-3-2-4-8-19)26(20-10-13-22(28)14-11-20)29-16-6-5-9-23(29)27(30)31/h2-4,7-8,10-15,17,23,26H,5-6,9,16,18H2,1H3,(H,30,31). The number of hydrogen-bond acceptors (Lipinski definition) is 4. The Morgan fingerprint density at radius 2 is 1.76 bits per heavy atom. The van der Waals surface area contributed by atoms with E-state index in [1.807, 2.05) is 53.4 Å². The van der Waals surface area contributed by atoms with E-state index in [1.54, 1.807) is 19.2 Å². The fourth-order valence-electron chi connectivity index (χ4n) is 4.46. The van der Waals surface area contributed by atoms with E-state index in [9.17, 15) is 14.3 Å². The maximum atomic E-state index is 13.7. The lowest BCUT2D eigenvalue weighted by Gasteiger charge is -2.39. The molecule has 0 amide bonds. The van der Waals surface area contributed by atoms with E-state index >= 15 is 0 Å². The zero-order valence-electron chi connectivity index (χ0n) is 18.6. The van der Waals surface area contributed by atoms with Crippen LogP contribution >= 0.6 is 0 Å². The average molecular weight is 450 g/mol. The van der Waals surface area contributed by atoms with Gasteiger partial charge in [0.25, 0.3) is 0 Å². The number of carboxylic acids is 1. The Morgan fingerprint density at radius 3 is 2.45 bits per heavy atom. The number of ether oxygens (including phenoxy) is 2. The largest absolute Gasteiger partial charge is 0.493 e. The Morgan fingerprint density at radius 1 is 1.03 bits per heavy atom. The lowest BCUT2D eigenvalue weighted by Crippen LogP contribution is -2.46. The molecule has 0 spiro atoms. The summed E-state index contributed by atoms with van der Waals surface area (Å²) in [5.74, 6) is 0.0144. The lowest BCUT2D eigenvalue weighted by molar-refractivity contribution is -0.145. The van der Waals surface area contributed by atoms with Gasteiger partial charge in [0.1, 0.15) is 18.5 Å². The van der Waals surface area contributed by atoms with Crippen molar-refractivity contribution in [3.05, 3.63) is 95.3 Å². The number of halogens is 1. The van der Waals surface area contributed by atoms with Crippen molar-refractivity contribution in [3.8, 4) is 11.5 Å². The molecule has 1 aliphatic rings. The second kappa shape index (κ2) is 10.5. The molecule has 33 heavy (non-hydrogen) atoms. The Balaban J connectivity index is 1.68. The van der Waals surface area contributed by atoms with E-state index in [-0.39, 0.29) is 11.9 Å². The second-order valence-electron chi connectivity index (χ2n) is 8.23. The van der Waals surface area contributed by atoms with E-state index < -0.39 is 12.0 Å². The summed E-state index contributed by atoms with van der Waals surface area (Å²) >= 11 is 0. The molecule has 1 fully saturated rings. The topological polar surface area (TPSA) is 59.0 Å². The predicted octanol–water partition coefficient (Wildman–Crippen LogP) is 5.44. The van der Waals surface area contributed by atoms with Gasteiger partial charge in [-0.25, -0.2) is 4.39 Å².